The van der Waals surface area contributed by atoms with Gasteiger partial charge in [-0.3, -0.25) is 9.78 Å². The molecule has 0 atom stereocenters. The first-order chi connectivity index (χ1) is 14.1. The van der Waals surface area contributed by atoms with Crippen LogP contribution in [0.25, 0.3) is 16.9 Å². The number of aromatic nitrogens is 4. The molecule has 0 saturated carbocycles. The fourth-order valence-corrected chi connectivity index (χ4v) is 3.69. The van der Waals surface area contributed by atoms with Crippen molar-refractivity contribution in [2.75, 3.05) is 18.5 Å². The Morgan fingerprint density at radius 1 is 1.21 bits per heavy atom. The van der Waals surface area contributed by atoms with E-state index in [9.17, 15) is 4.79 Å². The molecule has 0 bridgehead atoms. The van der Waals surface area contributed by atoms with Crippen molar-refractivity contribution in [2.45, 2.75) is 45.7 Å². The summed E-state index contributed by atoms with van der Waals surface area (Å²) in [6, 6.07) is 5.97. The van der Waals surface area contributed by atoms with Crippen molar-refractivity contribution in [1.29, 1.82) is 0 Å². The molecule has 0 amide bonds. The van der Waals surface area contributed by atoms with E-state index in [-0.39, 0.29) is 5.56 Å². The van der Waals surface area contributed by atoms with E-state index >= 15 is 0 Å². The third kappa shape index (κ3) is 4.40. The molecular formula is C22H27N5O2. The van der Waals surface area contributed by atoms with E-state index < -0.39 is 0 Å². The lowest BCUT2D eigenvalue weighted by Gasteiger charge is -2.24. The fraction of sp³-hybridized carbons (Fsp3) is 0.409. The summed E-state index contributed by atoms with van der Waals surface area (Å²) in [6.45, 7) is 6.44. The molecule has 0 aromatic carbocycles. The van der Waals surface area contributed by atoms with E-state index in [1.165, 1.54) is 0 Å². The van der Waals surface area contributed by atoms with E-state index in [0.29, 0.717) is 12.6 Å². The van der Waals surface area contributed by atoms with Gasteiger partial charge < -0.3 is 14.6 Å². The summed E-state index contributed by atoms with van der Waals surface area (Å²) in [6.07, 6.45) is 10.5. The standard InChI is InChI=1S/C22H27N5O2/c1-3-8-26-15-20(4-5-21(26)28)27-14-17(12-24-27)22-16(2)11-19(13-23-22)25-18-6-9-29-10-7-18/h4-5,11-15,18,25H,3,6-10H2,1-2H3. The molecule has 0 radical (unpaired) electrons. The Bertz CT molecular complexity index is 1030. The Labute approximate surface area is 170 Å². The molecule has 29 heavy (non-hydrogen) atoms. The smallest absolute Gasteiger partial charge is 0.250 e. The summed E-state index contributed by atoms with van der Waals surface area (Å²) < 4.78 is 8.93. The molecule has 4 heterocycles. The van der Waals surface area contributed by atoms with Crippen LogP contribution in [-0.2, 0) is 11.3 Å². The average Bonchev–Trinajstić information content (AvgIpc) is 3.20. The number of hydrogen-bond donors (Lipinski definition) is 1. The van der Waals surface area contributed by atoms with E-state index in [2.05, 4.69) is 35.3 Å². The summed E-state index contributed by atoms with van der Waals surface area (Å²) in [5.74, 6) is 0. The molecule has 7 nitrogen and oxygen atoms in total. The van der Waals surface area contributed by atoms with Gasteiger partial charge in [-0.2, -0.15) is 5.10 Å². The Kier molecular flexibility index (Phi) is 5.76. The molecule has 7 heteroatoms. The number of rotatable bonds is 6. The molecule has 1 fully saturated rings. The second-order valence-corrected chi connectivity index (χ2v) is 7.51. The summed E-state index contributed by atoms with van der Waals surface area (Å²) >= 11 is 0. The second-order valence-electron chi connectivity index (χ2n) is 7.51. The molecule has 1 saturated heterocycles. The van der Waals surface area contributed by atoms with Crippen LogP contribution in [0.4, 0.5) is 5.69 Å². The van der Waals surface area contributed by atoms with Crippen LogP contribution in [0.2, 0.25) is 0 Å². The third-order valence-corrected chi connectivity index (χ3v) is 5.22. The van der Waals surface area contributed by atoms with Crippen LogP contribution in [0.5, 0.6) is 0 Å². The molecule has 0 aliphatic carbocycles. The Morgan fingerprint density at radius 3 is 2.79 bits per heavy atom. The highest BCUT2D eigenvalue weighted by Gasteiger charge is 2.15. The van der Waals surface area contributed by atoms with Crippen molar-refractivity contribution < 1.29 is 4.74 Å². The lowest BCUT2D eigenvalue weighted by Crippen LogP contribution is -2.27. The number of aryl methyl sites for hydroxylation is 2. The number of nitrogens with zero attached hydrogens (tertiary/aromatic N) is 4. The van der Waals surface area contributed by atoms with Crippen LogP contribution in [0.3, 0.4) is 0 Å². The van der Waals surface area contributed by atoms with Crippen molar-refractivity contribution in [3.63, 3.8) is 0 Å². The first-order valence-corrected chi connectivity index (χ1v) is 10.2. The van der Waals surface area contributed by atoms with E-state index in [4.69, 9.17) is 4.74 Å². The van der Waals surface area contributed by atoms with Gasteiger partial charge in [0.25, 0.3) is 5.56 Å². The highest BCUT2D eigenvalue weighted by atomic mass is 16.5. The van der Waals surface area contributed by atoms with Crippen molar-refractivity contribution >= 4 is 5.69 Å². The summed E-state index contributed by atoms with van der Waals surface area (Å²) in [4.78, 5) is 16.6. The highest BCUT2D eigenvalue weighted by Crippen LogP contribution is 2.25. The van der Waals surface area contributed by atoms with Gasteiger partial charge in [-0.1, -0.05) is 6.92 Å². The lowest BCUT2D eigenvalue weighted by atomic mass is 10.1. The normalized spacial score (nSPS) is 14.8. The van der Waals surface area contributed by atoms with Gasteiger partial charge in [0.2, 0.25) is 0 Å². The predicted octanol–water partition coefficient (Wildman–Crippen LogP) is 3.41. The minimum Gasteiger partial charge on any atom is -0.381 e. The molecule has 1 aliphatic rings. The SMILES string of the molecule is CCCn1cc(-n2cc(-c3ncc(NC4CCOCC4)cc3C)cn2)ccc1=O. The zero-order chi connectivity index (χ0) is 20.2. The van der Waals surface area contributed by atoms with Gasteiger partial charge in [0.1, 0.15) is 0 Å². The quantitative estimate of drug-likeness (QED) is 0.695. The minimum atomic E-state index is 0.00751. The lowest BCUT2D eigenvalue weighted by molar-refractivity contribution is 0.0904. The molecule has 3 aromatic heterocycles. The average molecular weight is 393 g/mol. The van der Waals surface area contributed by atoms with Crippen LogP contribution in [0.1, 0.15) is 31.7 Å². The summed E-state index contributed by atoms with van der Waals surface area (Å²) in [5, 5.41) is 8.04. The maximum Gasteiger partial charge on any atom is 0.250 e. The molecule has 152 valence electrons. The second kappa shape index (κ2) is 8.61. The maximum absolute atomic E-state index is 11.9. The monoisotopic (exact) mass is 393 g/mol. The van der Waals surface area contributed by atoms with E-state index in [1.807, 2.05) is 24.8 Å². The highest BCUT2D eigenvalue weighted by molar-refractivity contribution is 5.64. The minimum absolute atomic E-state index is 0.00751. The van der Waals surface area contributed by atoms with Gasteiger partial charge in [0, 0.05) is 49.8 Å². The molecule has 0 spiro atoms. The van der Waals surface area contributed by atoms with Crippen molar-refractivity contribution in [3.8, 4) is 16.9 Å². The van der Waals surface area contributed by atoms with Crippen molar-refractivity contribution in [2.24, 2.45) is 0 Å². The first kappa shape index (κ1) is 19.4. The zero-order valence-electron chi connectivity index (χ0n) is 17.0. The zero-order valence-corrected chi connectivity index (χ0v) is 17.0. The van der Waals surface area contributed by atoms with Crippen molar-refractivity contribution in [1.82, 2.24) is 19.3 Å². The largest absolute Gasteiger partial charge is 0.381 e. The van der Waals surface area contributed by atoms with Gasteiger partial charge in [0.15, 0.2) is 0 Å². The summed E-state index contributed by atoms with van der Waals surface area (Å²) in [7, 11) is 0. The van der Waals surface area contributed by atoms with Gasteiger partial charge in [-0.05, 0) is 43.9 Å². The van der Waals surface area contributed by atoms with Crippen LogP contribution >= 0.6 is 0 Å². The molecule has 1 aliphatic heterocycles. The van der Waals surface area contributed by atoms with Gasteiger partial charge in [-0.25, -0.2) is 4.68 Å². The molecular weight excluding hydrogens is 366 g/mol. The van der Waals surface area contributed by atoms with E-state index in [1.54, 1.807) is 21.4 Å². The van der Waals surface area contributed by atoms with Gasteiger partial charge in [0.05, 0.1) is 29.5 Å². The predicted molar refractivity (Wildman–Crippen MR) is 114 cm³/mol. The van der Waals surface area contributed by atoms with Crippen LogP contribution in [-0.4, -0.2) is 38.6 Å². The van der Waals surface area contributed by atoms with Gasteiger partial charge >= 0.3 is 0 Å². The van der Waals surface area contributed by atoms with Crippen molar-refractivity contribution in [3.05, 3.63) is 58.9 Å². The van der Waals surface area contributed by atoms with Crippen LogP contribution < -0.4 is 10.9 Å². The first-order valence-electron chi connectivity index (χ1n) is 10.2. The number of nitrogens with one attached hydrogen (secondary N) is 1. The number of pyridine rings is 2. The Balaban J connectivity index is 1.54. The number of anilines is 1. The topological polar surface area (TPSA) is 74.0 Å². The van der Waals surface area contributed by atoms with Crippen LogP contribution in [0.15, 0.2) is 47.8 Å². The fourth-order valence-electron chi connectivity index (χ4n) is 3.69. The van der Waals surface area contributed by atoms with Crippen LogP contribution in [0, 0.1) is 6.92 Å². The van der Waals surface area contributed by atoms with Gasteiger partial charge in [-0.15, -0.1) is 0 Å². The number of ether oxygens (including phenoxy) is 1. The molecule has 1 N–H and O–H groups in total. The summed E-state index contributed by atoms with van der Waals surface area (Å²) in [5.41, 5.74) is 4.87. The maximum atomic E-state index is 11.9. The number of hydrogen-bond acceptors (Lipinski definition) is 5. The van der Waals surface area contributed by atoms with E-state index in [0.717, 1.165) is 60.7 Å². The Hall–Kier alpha value is -2.93. The third-order valence-electron chi connectivity index (χ3n) is 5.22. The molecule has 0 unspecified atom stereocenters. The molecule has 4 rings (SSSR count). The Morgan fingerprint density at radius 2 is 2.03 bits per heavy atom. The molecule has 3 aromatic rings.